The topological polar surface area (TPSA) is 92.5 Å². The van der Waals surface area contributed by atoms with Crippen molar-refractivity contribution >= 4 is 28.1 Å². The highest BCUT2D eigenvalue weighted by Gasteiger charge is 2.34. The maximum Gasteiger partial charge on any atom is 0.292 e. The molecule has 0 radical (unpaired) electrons. The monoisotopic (exact) mass is 339 g/mol. The average Bonchev–Trinajstić information content (AvgIpc) is 2.67. The SMILES string of the molecule is Cl.O=[N+]([O-])c1cccc(F)c1S(=O)(=O)N1CCCNCC1. The van der Waals surface area contributed by atoms with Crippen molar-refractivity contribution in [1.82, 2.24) is 9.62 Å². The van der Waals surface area contributed by atoms with Crippen LogP contribution in [-0.2, 0) is 10.0 Å². The summed E-state index contributed by atoms with van der Waals surface area (Å²) in [5.41, 5.74) is -0.734. The summed E-state index contributed by atoms with van der Waals surface area (Å²) in [7, 11) is -4.22. The fourth-order valence-electron chi connectivity index (χ4n) is 2.09. The molecule has 0 aromatic heterocycles. The molecule has 1 aromatic carbocycles. The van der Waals surface area contributed by atoms with Crippen LogP contribution in [0.1, 0.15) is 6.42 Å². The maximum atomic E-state index is 13.8. The number of benzene rings is 1. The maximum absolute atomic E-state index is 13.8. The molecule has 1 saturated heterocycles. The van der Waals surface area contributed by atoms with Gasteiger partial charge in [-0.05, 0) is 19.0 Å². The number of sulfonamides is 1. The lowest BCUT2D eigenvalue weighted by Crippen LogP contribution is -2.35. The second kappa shape index (κ2) is 7.12. The van der Waals surface area contributed by atoms with Crippen molar-refractivity contribution in [2.45, 2.75) is 11.3 Å². The Morgan fingerprint density at radius 2 is 2.00 bits per heavy atom. The van der Waals surface area contributed by atoms with Crippen molar-refractivity contribution in [3.05, 3.63) is 34.1 Å². The van der Waals surface area contributed by atoms with Gasteiger partial charge in [-0.3, -0.25) is 10.1 Å². The van der Waals surface area contributed by atoms with Crippen molar-refractivity contribution < 1.29 is 17.7 Å². The van der Waals surface area contributed by atoms with Crippen LogP contribution < -0.4 is 5.32 Å². The molecule has 10 heteroatoms. The van der Waals surface area contributed by atoms with E-state index in [-0.39, 0.29) is 25.5 Å². The van der Waals surface area contributed by atoms with E-state index in [0.717, 1.165) is 22.5 Å². The van der Waals surface area contributed by atoms with E-state index in [1.165, 1.54) is 0 Å². The predicted molar refractivity (Wildman–Crippen MR) is 76.5 cm³/mol. The molecule has 0 amide bonds. The van der Waals surface area contributed by atoms with Gasteiger partial charge >= 0.3 is 0 Å². The Hall–Kier alpha value is -1.29. The lowest BCUT2D eigenvalue weighted by Gasteiger charge is -2.19. The molecule has 1 heterocycles. The molecule has 0 unspecified atom stereocenters. The third kappa shape index (κ3) is 3.67. The van der Waals surface area contributed by atoms with Gasteiger partial charge in [0.1, 0.15) is 5.82 Å². The van der Waals surface area contributed by atoms with E-state index in [1.807, 2.05) is 0 Å². The van der Waals surface area contributed by atoms with Crippen LogP contribution in [0.5, 0.6) is 0 Å². The van der Waals surface area contributed by atoms with Gasteiger partial charge in [0.15, 0.2) is 4.90 Å². The first kappa shape index (κ1) is 17.8. The molecule has 1 aliphatic heterocycles. The summed E-state index contributed by atoms with van der Waals surface area (Å²) in [5.74, 6) is -1.10. The number of nitro benzene ring substituents is 1. The molecule has 1 aromatic rings. The standard InChI is InChI=1S/C11H14FN3O4S.ClH/c12-9-3-1-4-10(15(16)17)11(9)20(18,19)14-7-2-5-13-6-8-14;/h1,3-4,13H,2,5-8H2;1H. The van der Waals surface area contributed by atoms with Crippen LogP contribution >= 0.6 is 12.4 Å². The summed E-state index contributed by atoms with van der Waals surface area (Å²) in [6.45, 7) is 1.46. The van der Waals surface area contributed by atoms with E-state index >= 15 is 0 Å². The molecular weight excluding hydrogens is 325 g/mol. The van der Waals surface area contributed by atoms with Gasteiger partial charge in [0, 0.05) is 25.7 Å². The summed E-state index contributed by atoms with van der Waals surface area (Å²) in [4.78, 5) is 9.18. The Labute approximate surface area is 127 Å². The molecule has 21 heavy (non-hydrogen) atoms. The highest BCUT2D eigenvalue weighted by Crippen LogP contribution is 2.29. The zero-order chi connectivity index (χ0) is 14.8. The Bertz CT molecular complexity index is 618. The van der Waals surface area contributed by atoms with Crippen LogP contribution in [0.3, 0.4) is 0 Å². The Morgan fingerprint density at radius 3 is 2.67 bits per heavy atom. The van der Waals surface area contributed by atoms with Gasteiger partial charge in [-0.25, -0.2) is 12.8 Å². The first-order valence-corrected chi connectivity index (χ1v) is 7.52. The fourth-order valence-corrected chi connectivity index (χ4v) is 3.77. The molecule has 0 atom stereocenters. The normalized spacial score (nSPS) is 16.8. The van der Waals surface area contributed by atoms with E-state index in [9.17, 15) is 22.9 Å². The van der Waals surface area contributed by atoms with Crippen LogP contribution in [0.15, 0.2) is 23.1 Å². The van der Waals surface area contributed by atoms with E-state index in [0.29, 0.717) is 19.5 Å². The van der Waals surface area contributed by atoms with Crippen LogP contribution in [0.25, 0.3) is 0 Å². The molecule has 7 nitrogen and oxygen atoms in total. The minimum Gasteiger partial charge on any atom is -0.315 e. The minimum atomic E-state index is -4.22. The average molecular weight is 340 g/mol. The van der Waals surface area contributed by atoms with Crippen molar-refractivity contribution in [2.75, 3.05) is 26.2 Å². The van der Waals surface area contributed by atoms with Crippen molar-refractivity contribution in [2.24, 2.45) is 0 Å². The Balaban J connectivity index is 0.00000220. The van der Waals surface area contributed by atoms with Crippen LogP contribution in [0.2, 0.25) is 0 Å². The van der Waals surface area contributed by atoms with Gasteiger partial charge in [-0.2, -0.15) is 4.31 Å². The summed E-state index contributed by atoms with van der Waals surface area (Å²) < 4.78 is 39.8. The lowest BCUT2D eigenvalue weighted by molar-refractivity contribution is -0.388. The lowest BCUT2D eigenvalue weighted by atomic mass is 10.3. The summed E-state index contributed by atoms with van der Waals surface area (Å²) in [6, 6.07) is 3.03. The van der Waals surface area contributed by atoms with E-state index in [4.69, 9.17) is 0 Å². The van der Waals surface area contributed by atoms with Crippen LogP contribution in [0, 0.1) is 15.9 Å². The molecule has 0 spiro atoms. The predicted octanol–water partition coefficient (Wildman–Crippen LogP) is 1.14. The first-order chi connectivity index (χ1) is 9.44. The molecule has 0 aliphatic carbocycles. The second-order valence-electron chi connectivity index (χ2n) is 4.35. The minimum absolute atomic E-state index is 0. The van der Waals surface area contributed by atoms with Gasteiger partial charge in [0.05, 0.1) is 4.92 Å². The number of nitrogens with one attached hydrogen (secondary N) is 1. The Kier molecular flexibility index (Phi) is 6.02. The van der Waals surface area contributed by atoms with E-state index in [2.05, 4.69) is 5.32 Å². The zero-order valence-corrected chi connectivity index (χ0v) is 12.6. The molecule has 1 aliphatic rings. The molecule has 1 N–H and O–H groups in total. The number of halogens is 2. The highest BCUT2D eigenvalue weighted by atomic mass is 35.5. The van der Waals surface area contributed by atoms with Crippen molar-refractivity contribution in [3.63, 3.8) is 0 Å². The number of hydrogen-bond acceptors (Lipinski definition) is 5. The molecular formula is C11H15ClFN3O4S. The van der Waals surface area contributed by atoms with Gasteiger partial charge in [0.2, 0.25) is 0 Å². The number of nitro groups is 1. The van der Waals surface area contributed by atoms with Gasteiger partial charge in [-0.1, -0.05) is 6.07 Å². The van der Waals surface area contributed by atoms with Gasteiger partial charge < -0.3 is 5.32 Å². The summed E-state index contributed by atoms with van der Waals surface area (Å²) >= 11 is 0. The zero-order valence-electron chi connectivity index (χ0n) is 11.0. The van der Waals surface area contributed by atoms with E-state index in [1.54, 1.807) is 0 Å². The number of nitrogens with zero attached hydrogens (tertiary/aromatic N) is 2. The third-order valence-electron chi connectivity index (χ3n) is 3.04. The van der Waals surface area contributed by atoms with Crippen LogP contribution in [-0.4, -0.2) is 43.8 Å². The highest BCUT2D eigenvalue weighted by molar-refractivity contribution is 7.89. The smallest absolute Gasteiger partial charge is 0.292 e. The summed E-state index contributed by atoms with van der Waals surface area (Å²) in [6.07, 6.45) is 0.571. The first-order valence-electron chi connectivity index (χ1n) is 6.08. The molecule has 0 bridgehead atoms. The molecule has 118 valence electrons. The summed E-state index contributed by atoms with van der Waals surface area (Å²) in [5, 5.41) is 13.9. The van der Waals surface area contributed by atoms with Gasteiger partial charge in [0.25, 0.3) is 15.7 Å². The molecule has 2 rings (SSSR count). The fraction of sp³-hybridized carbons (Fsp3) is 0.455. The number of rotatable bonds is 3. The van der Waals surface area contributed by atoms with Crippen molar-refractivity contribution in [1.29, 1.82) is 0 Å². The quantitative estimate of drug-likeness (QED) is 0.658. The molecule has 1 fully saturated rings. The third-order valence-corrected chi connectivity index (χ3v) is 5.00. The van der Waals surface area contributed by atoms with E-state index < -0.39 is 31.3 Å². The second-order valence-corrected chi connectivity index (χ2v) is 6.23. The van der Waals surface area contributed by atoms with Crippen LogP contribution in [0.4, 0.5) is 10.1 Å². The Morgan fingerprint density at radius 1 is 1.29 bits per heavy atom. The largest absolute Gasteiger partial charge is 0.315 e. The molecule has 0 saturated carbocycles. The number of hydrogen-bond donors (Lipinski definition) is 1. The van der Waals surface area contributed by atoms with Gasteiger partial charge in [-0.15, -0.1) is 12.4 Å². The van der Waals surface area contributed by atoms with Crippen molar-refractivity contribution in [3.8, 4) is 0 Å².